The summed E-state index contributed by atoms with van der Waals surface area (Å²) in [4.78, 5) is 0. The molecule has 1 atom stereocenters. The molecule has 3 heteroatoms. The molecule has 2 nitrogen and oxygen atoms in total. The van der Waals surface area contributed by atoms with Crippen molar-refractivity contribution in [2.75, 3.05) is 12.1 Å². The molecule has 0 amide bonds. The maximum Gasteiger partial charge on any atom is 0.169 e. The molecule has 0 saturated heterocycles. The van der Waals surface area contributed by atoms with Gasteiger partial charge in [-0.25, -0.2) is 5.73 Å². The van der Waals surface area contributed by atoms with Gasteiger partial charge in [0.05, 0.1) is 6.26 Å². The van der Waals surface area contributed by atoms with E-state index in [1.54, 1.807) is 0 Å². The zero-order valence-corrected chi connectivity index (χ0v) is 3.84. The van der Waals surface area contributed by atoms with Crippen LogP contribution in [0.2, 0.25) is 0 Å². The molecular formula is C2H6NOS. The van der Waals surface area contributed by atoms with Crippen molar-refractivity contribution in [1.29, 1.82) is 0 Å². The lowest BCUT2D eigenvalue weighted by Crippen LogP contribution is -2.01. The van der Waals surface area contributed by atoms with Gasteiger partial charge in [0.25, 0.3) is 0 Å². The number of hydrogen-bond acceptors (Lipinski definition) is 1. The third-order valence-corrected chi connectivity index (χ3v) is 0.610. The molecule has 1 radical (unpaired) electrons. The van der Waals surface area contributed by atoms with Crippen LogP contribution in [0.15, 0.2) is 0 Å². The molecule has 0 heterocycles. The van der Waals surface area contributed by atoms with Gasteiger partial charge in [-0.05, 0) is 11.2 Å². The fraction of sp³-hybridized carbons (Fsp3) is 1.00. The van der Waals surface area contributed by atoms with Gasteiger partial charge >= 0.3 is 0 Å². The summed E-state index contributed by atoms with van der Waals surface area (Å²) in [6.45, 7) is 0. The van der Waals surface area contributed by atoms with Crippen molar-refractivity contribution in [1.82, 2.24) is 5.73 Å². The smallest absolute Gasteiger partial charge is 0.169 e. The Morgan fingerprint density at radius 2 is 2.20 bits per heavy atom. The van der Waals surface area contributed by atoms with Crippen molar-refractivity contribution in [2.45, 2.75) is 0 Å². The third-order valence-electron chi connectivity index (χ3n) is 0.203. The maximum absolute atomic E-state index is 9.74. The lowest BCUT2D eigenvalue weighted by molar-refractivity contribution is 0.600. The Labute approximate surface area is 34.5 Å². The number of hydrogen-bond donors (Lipinski definition) is 0. The molecule has 0 aliphatic rings. The predicted octanol–water partition coefficient (Wildman–Crippen LogP) is -0.395. The van der Waals surface area contributed by atoms with E-state index in [4.69, 9.17) is 5.73 Å². The predicted molar refractivity (Wildman–Crippen MR) is 22.0 cm³/mol. The SMILES string of the molecule is C[S+]([O-])C[NH]. The van der Waals surface area contributed by atoms with E-state index < -0.39 is 11.2 Å². The second-order valence-corrected chi connectivity index (χ2v) is 2.15. The first-order valence-electron chi connectivity index (χ1n) is 1.22. The second kappa shape index (κ2) is 2.50. The highest BCUT2D eigenvalue weighted by Gasteiger charge is 1.82. The minimum atomic E-state index is -0.906. The van der Waals surface area contributed by atoms with Gasteiger partial charge in [0, 0.05) is 0 Å². The second-order valence-electron chi connectivity index (χ2n) is 0.718. The highest BCUT2D eigenvalue weighted by Crippen LogP contribution is 1.70. The van der Waals surface area contributed by atoms with Crippen LogP contribution >= 0.6 is 0 Å². The molecule has 0 aliphatic heterocycles. The Morgan fingerprint density at radius 3 is 2.20 bits per heavy atom. The van der Waals surface area contributed by atoms with E-state index in [-0.39, 0.29) is 5.88 Å². The van der Waals surface area contributed by atoms with Crippen molar-refractivity contribution < 1.29 is 4.55 Å². The molecule has 0 aliphatic carbocycles. The van der Waals surface area contributed by atoms with Crippen molar-refractivity contribution in [3.8, 4) is 0 Å². The summed E-state index contributed by atoms with van der Waals surface area (Å²) in [5.74, 6) is 0.0278. The van der Waals surface area contributed by atoms with Crippen LogP contribution in [0.25, 0.3) is 0 Å². The zero-order chi connectivity index (χ0) is 4.28. The van der Waals surface area contributed by atoms with Crippen molar-refractivity contribution in [2.24, 2.45) is 0 Å². The van der Waals surface area contributed by atoms with E-state index >= 15 is 0 Å². The van der Waals surface area contributed by atoms with Crippen LogP contribution in [-0.4, -0.2) is 16.7 Å². The van der Waals surface area contributed by atoms with E-state index in [0.29, 0.717) is 0 Å². The largest absolute Gasteiger partial charge is 0.616 e. The number of rotatable bonds is 1. The fourth-order valence-electron chi connectivity index (χ4n) is 0. The standard InChI is InChI=1S/C2H6NOS/c1-5(4)2-3/h3H,2H2,1H3. The molecule has 0 rings (SSSR count). The van der Waals surface area contributed by atoms with E-state index in [1.165, 1.54) is 6.26 Å². The highest BCUT2D eigenvalue weighted by atomic mass is 32.2. The molecule has 5 heavy (non-hydrogen) atoms. The average molecular weight is 92.1 g/mol. The quantitative estimate of drug-likeness (QED) is 0.406. The summed E-state index contributed by atoms with van der Waals surface area (Å²) in [6.07, 6.45) is 1.51. The Morgan fingerprint density at radius 1 is 2.00 bits per heavy atom. The van der Waals surface area contributed by atoms with Crippen molar-refractivity contribution in [3.63, 3.8) is 0 Å². The van der Waals surface area contributed by atoms with Gasteiger partial charge in [-0.2, -0.15) is 0 Å². The molecule has 0 aromatic carbocycles. The summed E-state index contributed by atoms with van der Waals surface area (Å²) >= 11 is -0.906. The van der Waals surface area contributed by atoms with Gasteiger partial charge in [-0.3, -0.25) is 0 Å². The maximum atomic E-state index is 9.74. The number of nitrogens with one attached hydrogen (secondary N) is 1. The lowest BCUT2D eigenvalue weighted by atomic mass is 11.5. The van der Waals surface area contributed by atoms with Crippen LogP contribution in [0.5, 0.6) is 0 Å². The van der Waals surface area contributed by atoms with Crippen LogP contribution in [0.4, 0.5) is 0 Å². The van der Waals surface area contributed by atoms with Crippen LogP contribution in [0.3, 0.4) is 0 Å². The monoisotopic (exact) mass is 92.0 g/mol. The zero-order valence-electron chi connectivity index (χ0n) is 3.02. The normalized spacial score (nSPS) is 15.0. The highest BCUT2D eigenvalue weighted by molar-refractivity contribution is 7.90. The summed E-state index contributed by atoms with van der Waals surface area (Å²) in [7, 11) is 0. The van der Waals surface area contributed by atoms with Crippen molar-refractivity contribution in [3.05, 3.63) is 0 Å². The third kappa shape index (κ3) is 4.27. The van der Waals surface area contributed by atoms with Crippen molar-refractivity contribution >= 4 is 11.2 Å². The van der Waals surface area contributed by atoms with Gasteiger partial charge in [-0.1, -0.05) is 0 Å². The van der Waals surface area contributed by atoms with E-state index in [9.17, 15) is 4.55 Å². The first kappa shape index (κ1) is 5.27. The summed E-state index contributed by atoms with van der Waals surface area (Å²) < 4.78 is 9.74. The van der Waals surface area contributed by atoms with Crippen LogP contribution < -0.4 is 5.73 Å². The van der Waals surface area contributed by atoms with Gasteiger partial charge in [0.1, 0.15) is 0 Å². The summed E-state index contributed by atoms with van der Waals surface area (Å²) in [5.41, 5.74) is 6.36. The molecule has 0 saturated carbocycles. The molecule has 0 bridgehead atoms. The Bertz CT molecular complexity index is 23.6. The topological polar surface area (TPSA) is 46.9 Å². The summed E-state index contributed by atoms with van der Waals surface area (Å²) in [6, 6.07) is 0. The minimum absolute atomic E-state index is 0.0278. The molecule has 0 fully saturated rings. The van der Waals surface area contributed by atoms with Crippen LogP contribution in [0, 0.1) is 0 Å². The average Bonchev–Trinajstić information content (AvgIpc) is 1.38. The molecule has 1 N–H and O–H groups in total. The molecule has 0 spiro atoms. The lowest BCUT2D eigenvalue weighted by Gasteiger charge is -1.94. The fourth-order valence-corrected chi connectivity index (χ4v) is 0. The van der Waals surface area contributed by atoms with Crippen LogP contribution in [-0.2, 0) is 11.2 Å². The van der Waals surface area contributed by atoms with E-state index in [2.05, 4.69) is 0 Å². The summed E-state index contributed by atoms with van der Waals surface area (Å²) in [5, 5.41) is 0. The van der Waals surface area contributed by atoms with E-state index in [0.717, 1.165) is 0 Å². The van der Waals surface area contributed by atoms with Gasteiger partial charge < -0.3 is 4.55 Å². The minimum Gasteiger partial charge on any atom is -0.616 e. The molecule has 0 aromatic heterocycles. The molecule has 0 aromatic rings. The Balaban J connectivity index is 2.54. The first-order valence-corrected chi connectivity index (χ1v) is 2.94. The van der Waals surface area contributed by atoms with Gasteiger partial charge in [0.2, 0.25) is 0 Å². The Kier molecular flexibility index (Phi) is 2.64. The van der Waals surface area contributed by atoms with E-state index in [1.807, 2.05) is 0 Å². The first-order chi connectivity index (χ1) is 2.27. The van der Waals surface area contributed by atoms with Gasteiger partial charge in [-0.15, -0.1) is 0 Å². The molecule has 1 unspecified atom stereocenters. The Hall–Kier alpha value is 0.270. The van der Waals surface area contributed by atoms with Gasteiger partial charge in [0.15, 0.2) is 5.88 Å². The molecule has 31 valence electrons. The molecular weight excluding hydrogens is 86.1 g/mol. The van der Waals surface area contributed by atoms with Crippen LogP contribution in [0.1, 0.15) is 0 Å².